The van der Waals surface area contributed by atoms with Crippen LogP contribution in [0.1, 0.15) is 18.5 Å². The zero-order chi connectivity index (χ0) is 14.5. The van der Waals surface area contributed by atoms with Crippen molar-refractivity contribution in [3.63, 3.8) is 0 Å². The molecule has 0 aliphatic rings. The maximum atomic E-state index is 12.1. The average Bonchev–Trinajstić information content (AvgIpc) is 2.49. The number of carbonyl (C=O) groups is 1. The van der Waals surface area contributed by atoms with Gasteiger partial charge in [0.1, 0.15) is 4.60 Å². The summed E-state index contributed by atoms with van der Waals surface area (Å²) in [6.45, 7) is 1.79. The molecule has 0 aliphatic carbocycles. The molecular formula is C14H15BrN4O. The second-order valence-corrected chi connectivity index (χ2v) is 5.25. The van der Waals surface area contributed by atoms with Crippen LogP contribution in [0.15, 0.2) is 47.3 Å². The van der Waals surface area contributed by atoms with Gasteiger partial charge in [0.25, 0.3) is 0 Å². The van der Waals surface area contributed by atoms with E-state index in [9.17, 15) is 4.79 Å². The number of nitrogens with two attached hydrogens (primary N) is 1. The smallest absolute Gasteiger partial charge is 0.230 e. The highest BCUT2D eigenvalue weighted by Crippen LogP contribution is 2.20. The fraction of sp³-hybridized carbons (Fsp3) is 0.214. The standard InChI is InChI=1S/C14H15BrN4O/c1-9(13(16)10-5-3-2-4-6-10)14(20)19-12-8-17-11(15)7-18-12/h2-9,13H,16H2,1H3,(H,18,19,20). The Kier molecular flexibility index (Phi) is 4.81. The van der Waals surface area contributed by atoms with E-state index in [1.54, 1.807) is 6.92 Å². The Balaban J connectivity index is 2.03. The molecule has 0 aliphatic heterocycles. The molecule has 2 unspecified atom stereocenters. The third-order valence-corrected chi connectivity index (χ3v) is 3.42. The molecule has 0 spiro atoms. The first-order valence-corrected chi connectivity index (χ1v) is 6.96. The van der Waals surface area contributed by atoms with E-state index in [1.807, 2.05) is 30.3 Å². The van der Waals surface area contributed by atoms with Gasteiger partial charge in [-0.05, 0) is 21.5 Å². The number of carbonyl (C=O) groups excluding carboxylic acids is 1. The summed E-state index contributed by atoms with van der Waals surface area (Å²) in [7, 11) is 0. The molecule has 0 saturated carbocycles. The molecule has 0 radical (unpaired) electrons. The summed E-state index contributed by atoms with van der Waals surface area (Å²) < 4.78 is 0.615. The van der Waals surface area contributed by atoms with Gasteiger partial charge in [0.2, 0.25) is 5.91 Å². The van der Waals surface area contributed by atoms with Crippen LogP contribution in [0.4, 0.5) is 5.82 Å². The van der Waals surface area contributed by atoms with Gasteiger partial charge in [-0.15, -0.1) is 0 Å². The number of aromatic nitrogens is 2. The third-order valence-electron chi connectivity index (χ3n) is 3.01. The highest BCUT2D eigenvalue weighted by Gasteiger charge is 2.22. The highest BCUT2D eigenvalue weighted by molar-refractivity contribution is 9.10. The summed E-state index contributed by atoms with van der Waals surface area (Å²) in [6, 6.07) is 9.18. The number of amides is 1. The molecule has 1 aromatic carbocycles. The summed E-state index contributed by atoms with van der Waals surface area (Å²) in [5.74, 6) is -0.147. The van der Waals surface area contributed by atoms with Crippen molar-refractivity contribution in [3.8, 4) is 0 Å². The van der Waals surface area contributed by atoms with Crippen molar-refractivity contribution in [1.82, 2.24) is 9.97 Å². The first kappa shape index (κ1) is 14.6. The predicted octanol–water partition coefficient (Wildman–Crippen LogP) is 2.51. The van der Waals surface area contributed by atoms with E-state index in [-0.39, 0.29) is 17.9 Å². The van der Waals surface area contributed by atoms with Crippen molar-refractivity contribution < 1.29 is 4.79 Å². The third kappa shape index (κ3) is 3.61. The number of benzene rings is 1. The molecule has 0 fully saturated rings. The number of halogens is 1. The van der Waals surface area contributed by atoms with Crippen molar-refractivity contribution in [1.29, 1.82) is 0 Å². The van der Waals surface area contributed by atoms with E-state index < -0.39 is 0 Å². The second-order valence-electron chi connectivity index (χ2n) is 4.44. The topological polar surface area (TPSA) is 80.9 Å². The number of hydrogen-bond acceptors (Lipinski definition) is 4. The van der Waals surface area contributed by atoms with Crippen molar-refractivity contribution >= 4 is 27.7 Å². The van der Waals surface area contributed by atoms with E-state index in [0.717, 1.165) is 5.56 Å². The highest BCUT2D eigenvalue weighted by atomic mass is 79.9. The molecule has 1 amide bonds. The fourth-order valence-electron chi connectivity index (χ4n) is 1.74. The van der Waals surface area contributed by atoms with Crippen molar-refractivity contribution in [2.24, 2.45) is 11.7 Å². The maximum Gasteiger partial charge on any atom is 0.230 e. The van der Waals surface area contributed by atoms with Gasteiger partial charge >= 0.3 is 0 Å². The summed E-state index contributed by atoms with van der Waals surface area (Å²) in [5, 5.41) is 2.71. The van der Waals surface area contributed by atoms with E-state index in [1.165, 1.54) is 12.4 Å². The van der Waals surface area contributed by atoms with Crippen LogP contribution in [-0.2, 0) is 4.79 Å². The number of hydrogen-bond donors (Lipinski definition) is 2. The SMILES string of the molecule is CC(C(=O)Nc1cnc(Br)cn1)C(N)c1ccccc1. The monoisotopic (exact) mass is 334 g/mol. The molecule has 20 heavy (non-hydrogen) atoms. The molecule has 3 N–H and O–H groups in total. The first-order valence-electron chi connectivity index (χ1n) is 6.17. The van der Waals surface area contributed by atoms with Crippen LogP contribution >= 0.6 is 15.9 Å². The largest absolute Gasteiger partial charge is 0.323 e. The zero-order valence-electron chi connectivity index (χ0n) is 11.0. The lowest BCUT2D eigenvalue weighted by Gasteiger charge is -2.19. The van der Waals surface area contributed by atoms with Crippen LogP contribution in [0.5, 0.6) is 0 Å². The number of anilines is 1. The van der Waals surface area contributed by atoms with Gasteiger partial charge in [0.05, 0.1) is 18.3 Å². The van der Waals surface area contributed by atoms with Gasteiger partial charge in [0.15, 0.2) is 5.82 Å². The Morgan fingerprint density at radius 2 is 1.95 bits per heavy atom. The Hall–Kier alpha value is -1.79. The minimum Gasteiger partial charge on any atom is -0.323 e. The Morgan fingerprint density at radius 1 is 1.25 bits per heavy atom. The van der Waals surface area contributed by atoms with Crippen LogP contribution < -0.4 is 11.1 Å². The van der Waals surface area contributed by atoms with Gasteiger partial charge in [-0.2, -0.15) is 0 Å². The molecule has 0 bridgehead atoms. The molecule has 1 heterocycles. The minimum atomic E-state index is -0.372. The maximum absolute atomic E-state index is 12.1. The van der Waals surface area contributed by atoms with Crippen LogP contribution in [-0.4, -0.2) is 15.9 Å². The Bertz CT molecular complexity index is 573. The van der Waals surface area contributed by atoms with Gasteiger partial charge in [-0.3, -0.25) is 4.79 Å². The molecule has 0 saturated heterocycles. The number of rotatable bonds is 4. The summed E-state index contributed by atoms with van der Waals surface area (Å²) in [4.78, 5) is 20.2. The number of nitrogens with zero attached hydrogens (tertiary/aromatic N) is 2. The van der Waals surface area contributed by atoms with Gasteiger partial charge in [-0.1, -0.05) is 37.3 Å². The normalized spacial score (nSPS) is 13.6. The Labute approximate surface area is 125 Å². The lowest BCUT2D eigenvalue weighted by Crippen LogP contribution is -2.30. The van der Waals surface area contributed by atoms with E-state index in [2.05, 4.69) is 31.2 Å². The quantitative estimate of drug-likeness (QED) is 0.900. The zero-order valence-corrected chi connectivity index (χ0v) is 12.5. The molecule has 104 valence electrons. The van der Waals surface area contributed by atoms with E-state index >= 15 is 0 Å². The minimum absolute atomic E-state index is 0.182. The van der Waals surface area contributed by atoms with E-state index in [0.29, 0.717) is 10.4 Å². The molecule has 2 rings (SSSR count). The molecule has 6 heteroatoms. The predicted molar refractivity (Wildman–Crippen MR) is 80.9 cm³/mol. The average molecular weight is 335 g/mol. The van der Waals surface area contributed by atoms with Crippen molar-refractivity contribution in [3.05, 3.63) is 52.9 Å². The molecule has 2 aromatic rings. The van der Waals surface area contributed by atoms with Crippen LogP contribution in [0.3, 0.4) is 0 Å². The van der Waals surface area contributed by atoms with Gasteiger partial charge < -0.3 is 11.1 Å². The lowest BCUT2D eigenvalue weighted by molar-refractivity contribution is -0.120. The molecule has 5 nitrogen and oxygen atoms in total. The summed E-state index contributed by atoms with van der Waals surface area (Å²) >= 11 is 3.19. The van der Waals surface area contributed by atoms with Crippen molar-refractivity contribution in [2.45, 2.75) is 13.0 Å². The van der Waals surface area contributed by atoms with Crippen LogP contribution in [0.25, 0.3) is 0 Å². The molecule has 2 atom stereocenters. The van der Waals surface area contributed by atoms with Crippen LogP contribution in [0, 0.1) is 5.92 Å². The lowest BCUT2D eigenvalue weighted by atomic mass is 9.95. The number of nitrogens with one attached hydrogen (secondary N) is 1. The summed E-state index contributed by atoms with van der Waals surface area (Å²) in [6.07, 6.45) is 3.01. The Morgan fingerprint density at radius 3 is 2.55 bits per heavy atom. The van der Waals surface area contributed by atoms with Crippen molar-refractivity contribution in [2.75, 3.05) is 5.32 Å². The summed E-state index contributed by atoms with van der Waals surface area (Å²) in [5.41, 5.74) is 7.04. The first-order chi connectivity index (χ1) is 9.58. The fourth-order valence-corrected chi connectivity index (χ4v) is 1.95. The van der Waals surface area contributed by atoms with Gasteiger partial charge in [-0.25, -0.2) is 9.97 Å². The molecular weight excluding hydrogens is 320 g/mol. The van der Waals surface area contributed by atoms with Gasteiger partial charge in [0, 0.05) is 6.04 Å². The molecule has 1 aromatic heterocycles. The second kappa shape index (κ2) is 6.58. The van der Waals surface area contributed by atoms with E-state index in [4.69, 9.17) is 5.73 Å². The van der Waals surface area contributed by atoms with Crippen LogP contribution in [0.2, 0.25) is 0 Å².